The fourth-order valence-corrected chi connectivity index (χ4v) is 8.51. The number of carbonyl (C=O) groups excluding carboxylic acids is 3. The fraction of sp³-hybridized carbons (Fsp3) is 0.500. The summed E-state index contributed by atoms with van der Waals surface area (Å²) in [5, 5.41) is 4.00. The summed E-state index contributed by atoms with van der Waals surface area (Å²) < 4.78 is 34.9. The smallest absolute Gasteiger partial charge is 0.280 e. The Hall–Kier alpha value is -3.39. The molecule has 2 aromatic carbocycles. The fourth-order valence-electron chi connectivity index (χ4n) is 5.87. The van der Waals surface area contributed by atoms with Crippen LogP contribution in [0.1, 0.15) is 73.7 Å². The molecular formula is C32H41N5O6S2. The van der Waals surface area contributed by atoms with Crippen LogP contribution in [0.4, 0.5) is 0 Å². The van der Waals surface area contributed by atoms with E-state index in [1.165, 1.54) is 6.07 Å². The maximum Gasteiger partial charge on any atom is 0.280 e. The highest BCUT2D eigenvalue weighted by Gasteiger charge is 2.39. The molecule has 3 heterocycles. The van der Waals surface area contributed by atoms with Gasteiger partial charge in [0.05, 0.1) is 15.2 Å². The van der Waals surface area contributed by atoms with Crippen molar-refractivity contribution in [2.75, 3.05) is 32.8 Å². The second-order valence-electron chi connectivity index (χ2n) is 13.1. The molecule has 242 valence electrons. The number of thiazole rings is 1. The first-order valence-electron chi connectivity index (χ1n) is 15.2. The Labute approximate surface area is 268 Å². The minimum absolute atomic E-state index is 0.0308. The van der Waals surface area contributed by atoms with E-state index >= 15 is 0 Å². The molecule has 0 bridgehead atoms. The van der Waals surface area contributed by atoms with Crippen molar-refractivity contribution in [2.24, 2.45) is 17.1 Å². The number of nitrogens with two attached hydrogens (primary N) is 1. The molecule has 0 unspecified atom stereocenters. The minimum Gasteiger partial charge on any atom is -0.381 e. The van der Waals surface area contributed by atoms with Gasteiger partial charge in [-0.1, -0.05) is 37.3 Å². The van der Waals surface area contributed by atoms with Crippen molar-refractivity contribution in [3.63, 3.8) is 0 Å². The van der Waals surface area contributed by atoms with E-state index in [0.717, 1.165) is 24.2 Å². The summed E-state index contributed by atoms with van der Waals surface area (Å²) >= 11 is 1.07. The van der Waals surface area contributed by atoms with Crippen LogP contribution in [-0.4, -0.2) is 74.4 Å². The number of nitrogens with one attached hydrogen (secondary N) is 2. The highest BCUT2D eigenvalue weighted by atomic mass is 32.2. The molecule has 13 heteroatoms. The zero-order chi connectivity index (χ0) is 32.6. The van der Waals surface area contributed by atoms with Gasteiger partial charge < -0.3 is 20.7 Å². The average molecular weight is 656 g/mol. The molecule has 0 atom stereocenters. The Bertz CT molecular complexity index is 1720. The SMILES string of the molecule is CC1CCN(C(=O)c2nc(C(=O)NCC3(C(N)=O)CCOCC3)sc2-c2ccc(S(=O)(=O)NC(C)(C)C)c3ccccc23)CC1. The number of hydrogen-bond donors (Lipinski definition) is 3. The van der Waals surface area contributed by atoms with Crippen LogP contribution < -0.4 is 15.8 Å². The summed E-state index contributed by atoms with van der Waals surface area (Å²) in [5.41, 5.74) is 4.87. The number of likely N-dealkylation sites (tertiary alicyclic amines) is 1. The van der Waals surface area contributed by atoms with Crippen LogP contribution >= 0.6 is 11.3 Å². The number of piperidine rings is 1. The van der Waals surface area contributed by atoms with Gasteiger partial charge in [-0.15, -0.1) is 11.3 Å². The molecule has 3 amide bonds. The molecule has 2 saturated heterocycles. The number of hydrogen-bond acceptors (Lipinski definition) is 8. The number of carbonyl (C=O) groups is 3. The number of primary amides is 1. The normalized spacial score (nSPS) is 17.7. The highest BCUT2D eigenvalue weighted by Crippen LogP contribution is 2.39. The van der Waals surface area contributed by atoms with Gasteiger partial charge in [-0.2, -0.15) is 0 Å². The van der Waals surface area contributed by atoms with Gasteiger partial charge in [0.2, 0.25) is 15.9 Å². The lowest BCUT2D eigenvalue weighted by Crippen LogP contribution is -2.49. The van der Waals surface area contributed by atoms with Crippen LogP contribution in [0.2, 0.25) is 0 Å². The number of amides is 3. The van der Waals surface area contributed by atoms with E-state index in [0.29, 0.717) is 66.3 Å². The van der Waals surface area contributed by atoms with Crippen molar-refractivity contribution in [1.29, 1.82) is 0 Å². The van der Waals surface area contributed by atoms with E-state index in [-0.39, 0.29) is 28.0 Å². The van der Waals surface area contributed by atoms with E-state index in [1.807, 2.05) is 0 Å². The van der Waals surface area contributed by atoms with Crippen LogP contribution in [0.5, 0.6) is 0 Å². The molecule has 0 aliphatic carbocycles. The van der Waals surface area contributed by atoms with E-state index in [2.05, 4.69) is 21.9 Å². The third-order valence-corrected chi connectivity index (χ3v) is 11.4. The number of aromatic nitrogens is 1. The molecule has 3 aromatic rings. The molecule has 11 nitrogen and oxygen atoms in total. The van der Waals surface area contributed by atoms with E-state index < -0.39 is 32.8 Å². The summed E-state index contributed by atoms with van der Waals surface area (Å²) in [4.78, 5) is 46.8. The van der Waals surface area contributed by atoms with Crippen molar-refractivity contribution in [2.45, 2.75) is 63.8 Å². The minimum atomic E-state index is -3.88. The number of benzene rings is 2. The molecule has 2 aliphatic rings. The second kappa shape index (κ2) is 12.8. The van der Waals surface area contributed by atoms with Crippen LogP contribution in [0.25, 0.3) is 21.2 Å². The predicted molar refractivity (Wildman–Crippen MR) is 173 cm³/mol. The van der Waals surface area contributed by atoms with Gasteiger partial charge in [0.15, 0.2) is 5.01 Å². The summed E-state index contributed by atoms with van der Waals surface area (Å²) in [5.74, 6) is -0.783. The summed E-state index contributed by atoms with van der Waals surface area (Å²) in [6.07, 6.45) is 2.53. The Balaban J connectivity index is 1.57. The first-order chi connectivity index (χ1) is 21.2. The van der Waals surface area contributed by atoms with Gasteiger partial charge in [0.1, 0.15) is 5.69 Å². The van der Waals surface area contributed by atoms with Crippen molar-refractivity contribution >= 4 is 49.9 Å². The summed E-state index contributed by atoms with van der Waals surface area (Å²) in [6.45, 7) is 9.42. The third kappa shape index (κ3) is 7.06. The number of nitrogens with zero attached hydrogens (tertiary/aromatic N) is 2. The van der Waals surface area contributed by atoms with Gasteiger partial charge in [0.25, 0.3) is 11.8 Å². The van der Waals surface area contributed by atoms with Crippen molar-refractivity contribution in [3.05, 3.63) is 47.1 Å². The van der Waals surface area contributed by atoms with Crippen LogP contribution in [-0.2, 0) is 19.6 Å². The van der Waals surface area contributed by atoms with Gasteiger partial charge in [-0.3, -0.25) is 14.4 Å². The van der Waals surface area contributed by atoms with Gasteiger partial charge >= 0.3 is 0 Å². The predicted octanol–water partition coefficient (Wildman–Crippen LogP) is 3.92. The van der Waals surface area contributed by atoms with Crippen molar-refractivity contribution in [1.82, 2.24) is 19.9 Å². The Kier molecular flexibility index (Phi) is 9.37. The van der Waals surface area contributed by atoms with E-state index in [9.17, 15) is 22.8 Å². The van der Waals surface area contributed by atoms with Crippen molar-refractivity contribution in [3.8, 4) is 10.4 Å². The summed E-state index contributed by atoms with van der Waals surface area (Å²) in [6, 6.07) is 10.3. The molecular weight excluding hydrogens is 615 g/mol. The van der Waals surface area contributed by atoms with Gasteiger partial charge in [-0.05, 0) is 63.8 Å². The maximum absolute atomic E-state index is 14.0. The monoisotopic (exact) mass is 655 g/mol. The molecule has 5 rings (SSSR count). The third-order valence-electron chi connectivity index (χ3n) is 8.51. The lowest BCUT2D eigenvalue weighted by atomic mass is 9.79. The Morgan fingerprint density at radius 1 is 1.07 bits per heavy atom. The molecule has 0 spiro atoms. The highest BCUT2D eigenvalue weighted by molar-refractivity contribution is 7.89. The number of sulfonamides is 1. The molecule has 2 fully saturated rings. The number of fused-ring (bicyclic) bond motifs is 1. The average Bonchev–Trinajstić information content (AvgIpc) is 3.44. The summed E-state index contributed by atoms with van der Waals surface area (Å²) in [7, 11) is -3.88. The molecule has 2 aliphatic heterocycles. The van der Waals surface area contributed by atoms with E-state index in [1.54, 1.807) is 56.0 Å². The first-order valence-corrected chi connectivity index (χ1v) is 17.5. The van der Waals surface area contributed by atoms with E-state index in [4.69, 9.17) is 10.5 Å². The molecule has 0 saturated carbocycles. The standard InChI is InChI=1S/C32H41N5O6S2/c1-20-11-15-37(16-12-20)29(39)25-26(44-28(35-25)27(38)34-19-32(30(33)40)13-17-43-18-14-32)23-9-10-24(22-8-6-5-7-21(22)23)45(41,42)36-31(2,3)4/h5-10,20,36H,11-19H2,1-4H3,(H2,33,40)(H,34,38). The van der Waals surface area contributed by atoms with Gasteiger partial charge in [-0.25, -0.2) is 18.1 Å². The lowest BCUT2D eigenvalue weighted by Gasteiger charge is -2.34. The molecule has 45 heavy (non-hydrogen) atoms. The van der Waals surface area contributed by atoms with Crippen LogP contribution in [0.15, 0.2) is 41.3 Å². The van der Waals surface area contributed by atoms with Crippen molar-refractivity contribution < 1.29 is 27.5 Å². The molecule has 1 aromatic heterocycles. The first kappa shape index (κ1) is 33.0. The lowest BCUT2D eigenvalue weighted by molar-refractivity contribution is -0.132. The van der Waals surface area contributed by atoms with Gasteiger partial charge in [0, 0.05) is 49.3 Å². The topological polar surface area (TPSA) is 161 Å². The molecule has 4 N–H and O–H groups in total. The van der Waals surface area contributed by atoms with Crippen LogP contribution in [0.3, 0.4) is 0 Å². The second-order valence-corrected chi connectivity index (χ2v) is 15.8. The maximum atomic E-state index is 14.0. The zero-order valence-electron chi connectivity index (χ0n) is 26.1. The zero-order valence-corrected chi connectivity index (χ0v) is 27.8. The quantitative estimate of drug-likeness (QED) is 0.332. The number of rotatable bonds is 8. The Morgan fingerprint density at radius 3 is 2.33 bits per heavy atom. The largest absolute Gasteiger partial charge is 0.381 e. The number of ether oxygens (including phenoxy) is 1. The van der Waals surface area contributed by atoms with Crippen LogP contribution in [0, 0.1) is 11.3 Å². The Morgan fingerprint density at radius 2 is 1.71 bits per heavy atom. The molecule has 0 radical (unpaired) electrons.